The van der Waals surface area contributed by atoms with Gasteiger partial charge in [-0.25, -0.2) is 4.68 Å². The maximum Gasteiger partial charge on any atom is 0.236 e. The van der Waals surface area contributed by atoms with Gasteiger partial charge in [-0.2, -0.15) is 5.10 Å². The lowest BCUT2D eigenvalue weighted by atomic mass is 9.71. The highest BCUT2D eigenvalue weighted by atomic mass is 16.5. The molecule has 0 saturated heterocycles. The average molecular weight is 265 g/mol. The van der Waals surface area contributed by atoms with Crippen molar-refractivity contribution in [1.82, 2.24) is 9.78 Å². The molecular weight excluding hydrogens is 238 g/mol. The van der Waals surface area contributed by atoms with Crippen LogP contribution in [-0.2, 0) is 6.54 Å². The fourth-order valence-electron chi connectivity index (χ4n) is 3.42. The normalized spacial score (nSPS) is 26.4. The minimum absolute atomic E-state index is 0.252. The van der Waals surface area contributed by atoms with Gasteiger partial charge in [0.15, 0.2) is 0 Å². The Balaban J connectivity index is 2.17. The zero-order chi connectivity index (χ0) is 14.2. The van der Waals surface area contributed by atoms with Gasteiger partial charge < -0.3 is 10.5 Å². The lowest BCUT2D eigenvalue weighted by Crippen LogP contribution is -2.34. The number of aromatic nitrogens is 2. The van der Waals surface area contributed by atoms with Crippen LogP contribution >= 0.6 is 0 Å². The Bertz CT molecular complexity index is 450. The summed E-state index contributed by atoms with van der Waals surface area (Å²) in [6, 6.07) is 0. The van der Waals surface area contributed by atoms with Crippen LogP contribution in [0.4, 0.5) is 5.69 Å². The molecule has 1 aromatic heterocycles. The highest BCUT2D eigenvalue weighted by Crippen LogP contribution is 2.40. The average Bonchev–Trinajstić information content (AvgIpc) is 2.54. The first kappa shape index (κ1) is 14.2. The predicted molar refractivity (Wildman–Crippen MR) is 78.3 cm³/mol. The predicted octanol–water partition coefficient (Wildman–Crippen LogP) is 3.39. The molecule has 0 bridgehead atoms. The number of rotatable bonds is 3. The molecule has 0 radical (unpaired) electrons. The Morgan fingerprint density at radius 2 is 2.11 bits per heavy atom. The molecular formula is C15H27N3O. The molecule has 0 aromatic carbocycles. The molecule has 1 fully saturated rings. The number of anilines is 1. The molecule has 2 rings (SSSR count). The number of ether oxygens (including phenoxy) is 1. The van der Waals surface area contributed by atoms with Crippen LogP contribution in [-0.4, -0.2) is 15.9 Å². The van der Waals surface area contributed by atoms with Gasteiger partial charge in [-0.3, -0.25) is 0 Å². The maximum absolute atomic E-state index is 6.21. The second-order valence-corrected chi connectivity index (χ2v) is 6.77. The van der Waals surface area contributed by atoms with Gasteiger partial charge in [0.1, 0.15) is 11.8 Å². The van der Waals surface area contributed by atoms with Crippen molar-refractivity contribution < 1.29 is 4.74 Å². The van der Waals surface area contributed by atoms with Crippen molar-refractivity contribution in [2.75, 3.05) is 5.73 Å². The summed E-state index contributed by atoms with van der Waals surface area (Å²) < 4.78 is 8.08. The van der Waals surface area contributed by atoms with Gasteiger partial charge in [-0.15, -0.1) is 0 Å². The summed E-state index contributed by atoms with van der Waals surface area (Å²) in [5.41, 5.74) is 7.99. The van der Waals surface area contributed by atoms with Crippen molar-refractivity contribution in [3.8, 4) is 5.88 Å². The van der Waals surface area contributed by atoms with E-state index < -0.39 is 0 Å². The van der Waals surface area contributed by atoms with Crippen LogP contribution in [0.25, 0.3) is 0 Å². The van der Waals surface area contributed by atoms with Gasteiger partial charge in [0.25, 0.3) is 0 Å². The van der Waals surface area contributed by atoms with Gasteiger partial charge in [-0.1, -0.05) is 20.8 Å². The van der Waals surface area contributed by atoms with Crippen LogP contribution in [0.3, 0.4) is 0 Å². The molecule has 1 heterocycles. The quantitative estimate of drug-likeness (QED) is 0.911. The summed E-state index contributed by atoms with van der Waals surface area (Å²) in [5.74, 6) is 1.46. The highest BCUT2D eigenvalue weighted by Gasteiger charge is 2.34. The molecule has 1 aliphatic rings. The molecule has 1 aliphatic carbocycles. The lowest BCUT2D eigenvalue weighted by molar-refractivity contribution is 0.0503. The highest BCUT2D eigenvalue weighted by molar-refractivity contribution is 5.52. The van der Waals surface area contributed by atoms with Crippen LogP contribution in [0.2, 0.25) is 0 Å². The lowest BCUT2D eigenvalue weighted by Gasteiger charge is -2.38. The Hall–Kier alpha value is -1.19. The summed E-state index contributed by atoms with van der Waals surface area (Å²) in [5, 5.41) is 4.42. The molecule has 0 aliphatic heterocycles. The standard InChI is InChI=1S/C15H27N3O/c1-6-18-14(13(16)11(3)17-18)19-12-7-10(2)8-15(4,5)9-12/h10,12H,6-9,16H2,1-5H3. The zero-order valence-electron chi connectivity index (χ0n) is 12.9. The number of hydrogen-bond donors (Lipinski definition) is 1. The minimum Gasteiger partial charge on any atom is -0.473 e. The molecule has 2 N–H and O–H groups in total. The van der Waals surface area contributed by atoms with E-state index in [0.717, 1.165) is 31.0 Å². The minimum atomic E-state index is 0.252. The Labute approximate surface area is 116 Å². The van der Waals surface area contributed by atoms with Crippen LogP contribution in [0, 0.1) is 18.3 Å². The van der Waals surface area contributed by atoms with E-state index in [1.807, 2.05) is 11.6 Å². The monoisotopic (exact) mass is 265 g/mol. The second kappa shape index (κ2) is 5.06. The van der Waals surface area contributed by atoms with Crippen molar-refractivity contribution in [2.24, 2.45) is 11.3 Å². The first-order valence-corrected chi connectivity index (χ1v) is 7.32. The molecule has 108 valence electrons. The summed E-state index contributed by atoms with van der Waals surface area (Å²) in [7, 11) is 0. The molecule has 19 heavy (non-hydrogen) atoms. The summed E-state index contributed by atoms with van der Waals surface area (Å²) in [4.78, 5) is 0. The third-order valence-electron chi connectivity index (χ3n) is 4.05. The second-order valence-electron chi connectivity index (χ2n) is 6.77. The van der Waals surface area contributed by atoms with E-state index in [2.05, 4.69) is 32.8 Å². The Kier molecular flexibility index (Phi) is 3.79. The van der Waals surface area contributed by atoms with E-state index in [1.165, 1.54) is 6.42 Å². The fraction of sp³-hybridized carbons (Fsp3) is 0.800. The first-order chi connectivity index (χ1) is 8.82. The van der Waals surface area contributed by atoms with Crippen molar-refractivity contribution in [2.45, 2.75) is 66.5 Å². The van der Waals surface area contributed by atoms with Crippen LogP contribution in [0.1, 0.15) is 52.7 Å². The Morgan fingerprint density at radius 1 is 1.42 bits per heavy atom. The molecule has 1 saturated carbocycles. The molecule has 4 heteroatoms. The van der Waals surface area contributed by atoms with Crippen LogP contribution in [0.15, 0.2) is 0 Å². The summed E-state index contributed by atoms with van der Waals surface area (Å²) in [6.07, 6.45) is 3.72. The first-order valence-electron chi connectivity index (χ1n) is 7.32. The third kappa shape index (κ3) is 3.04. The van der Waals surface area contributed by atoms with Crippen LogP contribution < -0.4 is 10.5 Å². The molecule has 0 spiro atoms. The smallest absolute Gasteiger partial charge is 0.236 e. The molecule has 2 atom stereocenters. The Morgan fingerprint density at radius 3 is 2.68 bits per heavy atom. The van der Waals surface area contributed by atoms with E-state index in [-0.39, 0.29) is 6.10 Å². The molecule has 1 aromatic rings. The molecule has 2 unspecified atom stereocenters. The number of nitrogens with zero attached hydrogens (tertiary/aromatic N) is 2. The number of aryl methyl sites for hydroxylation is 2. The van der Waals surface area contributed by atoms with Gasteiger partial charge in [-0.05, 0) is 44.4 Å². The van der Waals surface area contributed by atoms with Gasteiger partial charge in [0.05, 0.1) is 5.69 Å². The third-order valence-corrected chi connectivity index (χ3v) is 4.05. The summed E-state index contributed by atoms with van der Waals surface area (Å²) in [6.45, 7) is 11.7. The number of nitrogens with two attached hydrogens (primary N) is 1. The maximum atomic E-state index is 6.21. The molecule has 4 nitrogen and oxygen atoms in total. The van der Waals surface area contributed by atoms with Crippen molar-refractivity contribution in [1.29, 1.82) is 0 Å². The van der Waals surface area contributed by atoms with Gasteiger partial charge >= 0.3 is 0 Å². The van der Waals surface area contributed by atoms with E-state index in [1.54, 1.807) is 0 Å². The number of hydrogen-bond acceptors (Lipinski definition) is 3. The van der Waals surface area contributed by atoms with E-state index >= 15 is 0 Å². The van der Waals surface area contributed by atoms with Gasteiger partial charge in [0.2, 0.25) is 5.88 Å². The number of nitrogen functional groups attached to an aromatic ring is 1. The van der Waals surface area contributed by atoms with Crippen molar-refractivity contribution >= 4 is 5.69 Å². The topological polar surface area (TPSA) is 53.1 Å². The van der Waals surface area contributed by atoms with Crippen molar-refractivity contribution in [3.63, 3.8) is 0 Å². The fourth-order valence-corrected chi connectivity index (χ4v) is 3.42. The SMILES string of the molecule is CCn1nc(C)c(N)c1OC1CC(C)CC(C)(C)C1. The van der Waals surface area contributed by atoms with Crippen LogP contribution in [0.5, 0.6) is 5.88 Å². The van der Waals surface area contributed by atoms with E-state index in [9.17, 15) is 0 Å². The summed E-state index contributed by atoms with van der Waals surface area (Å²) >= 11 is 0. The van der Waals surface area contributed by atoms with E-state index in [0.29, 0.717) is 17.0 Å². The van der Waals surface area contributed by atoms with Crippen molar-refractivity contribution in [3.05, 3.63) is 5.69 Å². The zero-order valence-corrected chi connectivity index (χ0v) is 12.9. The van der Waals surface area contributed by atoms with E-state index in [4.69, 9.17) is 10.5 Å². The molecule has 0 amide bonds. The largest absolute Gasteiger partial charge is 0.473 e. The van der Waals surface area contributed by atoms with Gasteiger partial charge in [0, 0.05) is 6.54 Å².